The molecule has 1 aromatic rings. The second kappa shape index (κ2) is 11.2. The largest absolute Gasteiger partial charge is 0.382 e. The molecule has 5 nitrogen and oxygen atoms in total. The molecule has 1 rings (SSSR count). The van der Waals surface area contributed by atoms with Crippen molar-refractivity contribution in [2.24, 2.45) is 0 Å². The minimum atomic E-state index is -3.52. The van der Waals surface area contributed by atoms with E-state index in [9.17, 15) is 13.2 Å². The average Bonchev–Trinajstić information content (AvgIpc) is 2.63. The lowest BCUT2D eigenvalue weighted by Crippen LogP contribution is -2.37. The smallest absolute Gasteiger partial charge is 0.308 e. The van der Waals surface area contributed by atoms with Gasteiger partial charge in [-0.25, -0.2) is 0 Å². The predicted octanol–water partition coefficient (Wildman–Crippen LogP) is 4.51. The summed E-state index contributed by atoms with van der Waals surface area (Å²) in [6, 6.07) is 7.09. The van der Waals surface area contributed by atoms with Crippen LogP contribution in [0, 0.1) is 0 Å². The highest BCUT2D eigenvalue weighted by atomic mass is 32.2. The summed E-state index contributed by atoms with van der Waals surface area (Å²) in [6.07, 6.45) is 5.83. The first-order valence-corrected chi connectivity index (χ1v) is 11.2. The summed E-state index contributed by atoms with van der Waals surface area (Å²) in [4.78, 5) is 14.5. The number of carbonyl (C=O) groups excluding carboxylic acids is 1. The maximum atomic E-state index is 12.6. The highest BCUT2D eigenvalue weighted by Crippen LogP contribution is 2.18. The first-order chi connectivity index (χ1) is 12.3. The van der Waals surface area contributed by atoms with E-state index >= 15 is 0 Å². The molecule has 6 heteroatoms. The number of hydrogen-bond donors (Lipinski definition) is 0. The molecule has 0 aliphatic carbocycles. The van der Waals surface area contributed by atoms with Crippen LogP contribution in [0.25, 0.3) is 0 Å². The minimum absolute atomic E-state index is 0.0664. The van der Waals surface area contributed by atoms with Crippen molar-refractivity contribution in [3.63, 3.8) is 0 Å². The summed E-state index contributed by atoms with van der Waals surface area (Å²) in [5.41, 5.74) is 0.966. The normalized spacial score (nSPS) is 12.6. The van der Waals surface area contributed by atoms with Crippen LogP contribution in [0.2, 0.25) is 0 Å². The Hall–Kier alpha value is -1.56. The second-order valence-corrected chi connectivity index (χ2v) is 8.52. The van der Waals surface area contributed by atoms with Crippen molar-refractivity contribution < 1.29 is 17.4 Å². The fourth-order valence-corrected chi connectivity index (χ4v) is 3.13. The highest BCUT2D eigenvalue weighted by Gasteiger charge is 2.19. The zero-order valence-electron chi connectivity index (χ0n) is 16.5. The number of amides is 1. The van der Waals surface area contributed by atoms with Gasteiger partial charge in [0.1, 0.15) is 5.75 Å². The van der Waals surface area contributed by atoms with E-state index in [1.165, 1.54) is 6.42 Å². The Bertz CT molecular complexity index is 640. The monoisotopic (exact) mass is 383 g/mol. The summed E-state index contributed by atoms with van der Waals surface area (Å²) in [5, 5.41) is 0. The first kappa shape index (κ1) is 22.5. The summed E-state index contributed by atoms with van der Waals surface area (Å²) in [5.74, 6) is 0.421. The van der Waals surface area contributed by atoms with Gasteiger partial charge in [0.05, 0.1) is 5.75 Å². The lowest BCUT2D eigenvalue weighted by Gasteiger charge is -2.29. The molecule has 0 fully saturated rings. The Kier molecular flexibility index (Phi) is 9.70. The van der Waals surface area contributed by atoms with Gasteiger partial charge in [-0.3, -0.25) is 4.79 Å². The van der Waals surface area contributed by atoms with Crippen LogP contribution in [0.3, 0.4) is 0 Å². The van der Waals surface area contributed by atoms with Gasteiger partial charge in [-0.15, -0.1) is 0 Å². The third kappa shape index (κ3) is 7.77. The van der Waals surface area contributed by atoms with Gasteiger partial charge in [0, 0.05) is 19.0 Å². The molecule has 0 saturated heterocycles. The van der Waals surface area contributed by atoms with Gasteiger partial charge in [-0.05, 0) is 44.4 Å². The molecule has 0 aliphatic heterocycles. The van der Waals surface area contributed by atoms with Gasteiger partial charge in [0.15, 0.2) is 0 Å². The highest BCUT2D eigenvalue weighted by molar-refractivity contribution is 7.87. The molecule has 1 amide bonds. The van der Waals surface area contributed by atoms with Crippen molar-refractivity contribution in [2.45, 2.75) is 78.8 Å². The Labute approximate surface area is 158 Å². The number of rotatable bonds is 12. The lowest BCUT2D eigenvalue weighted by molar-refractivity contribution is -0.134. The van der Waals surface area contributed by atoms with Gasteiger partial charge >= 0.3 is 10.1 Å². The van der Waals surface area contributed by atoms with Crippen molar-refractivity contribution in [3.05, 3.63) is 29.8 Å². The van der Waals surface area contributed by atoms with Crippen LogP contribution in [0.15, 0.2) is 24.3 Å². The minimum Gasteiger partial charge on any atom is -0.382 e. The standard InChI is InChI=1S/C20H33NO4S/c1-5-8-9-10-11-20(22)21(17(4)6-2)16-18-12-14-19(15-13-18)25-26(23,24)7-3/h12-15,17H,5-11,16H2,1-4H3/t17-/m0/s1. The van der Waals surface area contributed by atoms with E-state index in [4.69, 9.17) is 4.18 Å². The molecule has 0 saturated carbocycles. The Morgan fingerprint density at radius 3 is 2.27 bits per heavy atom. The number of benzene rings is 1. The van der Waals surface area contributed by atoms with Crippen LogP contribution >= 0.6 is 0 Å². The van der Waals surface area contributed by atoms with Crippen molar-refractivity contribution in [1.29, 1.82) is 0 Å². The van der Waals surface area contributed by atoms with E-state index < -0.39 is 10.1 Å². The molecule has 0 N–H and O–H groups in total. The number of hydrogen-bond acceptors (Lipinski definition) is 4. The molecule has 0 heterocycles. The molecule has 148 valence electrons. The van der Waals surface area contributed by atoms with E-state index in [1.54, 1.807) is 19.1 Å². The number of carbonyl (C=O) groups is 1. The maximum absolute atomic E-state index is 12.6. The second-order valence-electron chi connectivity index (χ2n) is 6.66. The molecule has 26 heavy (non-hydrogen) atoms. The molecule has 0 radical (unpaired) electrons. The molecular formula is C20H33NO4S. The zero-order chi connectivity index (χ0) is 19.6. The fraction of sp³-hybridized carbons (Fsp3) is 0.650. The molecule has 1 aromatic carbocycles. The van der Waals surface area contributed by atoms with Crippen molar-refractivity contribution in [3.8, 4) is 5.75 Å². The average molecular weight is 384 g/mol. The quantitative estimate of drug-likeness (QED) is 0.393. The van der Waals surface area contributed by atoms with Gasteiger partial charge in [0.25, 0.3) is 0 Å². The molecule has 1 atom stereocenters. The lowest BCUT2D eigenvalue weighted by atomic mass is 10.1. The molecule has 0 unspecified atom stereocenters. The van der Waals surface area contributed by atoms with Crippen molar-refractivity contribution in [1.82, 2.24) is 4.90 Å². The van der Waals surface area contributed by atoms with Gasteiger partial charge in [-0.1, -0.05) is 45.2 Å². The SMILES string of the molecule is CCCCCCC(=O)N(Cc1ccc(OS(=O)(=O)CC)cc1)[C@@H](C)CC. The Morgan fingerprint density at radius 2 is 1.73 bits per heavy atom. The third-order valence-corrected chi connectivity index (χ3v) is 5.69. The van der Waals surface area contributed by atoms with Crippen molar-refractivity contribution >= 4 is 16.0 Å². The number of nitrogens with zero attached hydrogens (tertiary/aromatic N) is 1. The van der Waals surface area contributed by atoms with Crippen LogP contribution in [-0.2, 0) is 21.5 Å². The van der Waals surface area contributed by atoms with Gasteiger partial charge in [0.2, 0.25) is 5.91 Å². The van der Waals surface area contributed by atoms with E-state index in [0.29, 0.717) is 18.7 Å². The van der Waals surface area contributed by atoms with E-state index in [1.807, 2.05) is 17.0 Å². The molecule has 0 aromatic heterocycles. The fourth-order valence-electron chi connectivity index (χ4n) is 2.61. The van der Waals surface area contributed by atoms with Gasteiger partial charge in [-0.2, -0.15) is 8.42 Å². The van der Waals surface area contributed by atoms with Crippen LogP contribution in [0.1, 0.15) is 71.8 Å². The Balaban J connectivity index is 2.74. The topological polar surface area (TPSA) is 63.7 Å². The summed E-state index contributed by atoms with van der Waals surface area (Å²) in [7, 11) is -3.52. The van der Waals surface area contributed by atoms with Crippen LogP contribution in [-0.4, -0.2) is 31.0 Å². The summed E-state index contributed by atoms with van der Waals surface area (Å²) in [6.45, 7) is 8.37. The molecule has 0 spiro atoms. The van der Waals surface area contributed by atoms with E-state index in [0.717, 1.165) is 31.2 Å². The predicted molar refractivity (Wildman–Crippen MR) is 106 cm³/mol. The number of unbranched alkanes of at least 4 members (excludes halogenated alkanes) is 3. The summed E-state index contributed by atoms with van der Waals surface area (Å²) < 4.78 is 28.0. The van der Waals surface area contributed by atoms with Crippen LogP contribution < -0.4 is 4.18 Å². The molecule has 0 bridgehead atoms. The van der Waals surface area contributed by atoms with E-state index in [-0.39, 0.29) is 17.7 Å². The van der Waals surface area contributed by atoms with Crippen LogP contribution in [0.5, 0.6) is 5.75 Å². The first-order valence-electron chi connectivity index (χ1n) is 9.63. The third-order valence-electron chi connectivity index (χ3n) is 4.54. The van der Waals surface area contributed by atoms with E-state index in [2.05, 4.69) is 20.8 Å². The Morgan fingerprint density at radius 1 is 1.08 bits per heavy atom. The molecular weight excluding hydrogens is 350 g/mol. The van der Waals surface area contributed by atoms with Crippen LogP contribution in [0.4, 0.5) is 0 Å². The molecule has 0 aliphatic rings. The van der Waals surface area contributed by atoms with Gasteiger partial charge < -0.3 is 9.08 Å². The zero-order valence-corrected chi connectivity index (χ0v) is 17.3. The maximum Gasteiger partial charge on any atom is 0.308 e. The summed E-state index contributed by atoms with van der Waals surface area (Å²) >= 11 is 0. The van der Waals surface area contributed by atoms with Crippen molar-refractivity contribution in [2.75, 3.05) is 5.75 Å².